The quantitative estimate of drug-likeness (QED) is 0.334. The SMILES string of the molecule is CN1CC(c2cc(C3CC3)cn3cc(CNc4cc(NC(=O)[C@H]5C[C@@H]5c5cccc(Cl)c5)ncn4)nc23)C1. The number of aromatic nitrogens is 4. The van der Waals surface area contributed by atoms with E-state index in [0.29, 0.717) is 35.0 Å². The molecular formula is C29H30ClN7O. The van der Waals surface area contributed by atoms with E-state index >= 15 is 0 Å². The molecule has 2 aliphatic carbocycles. The first kappa shape index (κ1) is 23.6. The molecule has 1 aliphatic heterocycles. The largest absolute Gasteiger partial charge is 0.364 e. The molecule has 4 aromatic rings. The Balaban J connectivity index is 1.02. The number of carbonyl (C=O) groups is 1. The highest BCUT2D eigenvalue weighted by Gasteiger charge is 2.44. The molecule has 1 amide bonds. The van der Waals surface area contributed by atoms with Crippen molar-refractivity contribution < 1.29 is 4.79 Å². The molecule has 0 bridgehead atoms. The topological polar surface area (TPSA) is 87.5 Å². The number of hydrogen-bond acceptors (Lipinski definition) is 6. The number of rotatable bonds is 8. The number of benzene rings is 1. The molecule has 38 heavy (non-hydrogen) atoms. The van der Waals surface area contributed by atoms with Gasteiger partial charge in [0.05, 0.1) is 12.2 Å². The van der Waals surface area contributed by atoms with Crippen LogP contribution in [0.2, 0.25) is 5.02 Å². The Bertz CT molecular complexity index is 1520. The minimum Gasteiger partial charge on any atom is -0.364 e. The molecule has 194 valence electrons. The molecule has 8 nitrogen and oxygen atoms in total. The second-order valence-corrected chi connectivity index (χ2v) is 11.5. The monoisotopic (exact) mass is 527 g/mol. The van der Waals surface area contributed by atoms with Gasteiger partial charge in [-0.25, -0.2) is 15.0 Å². The van der Waals surface area contributed by atoms with Crippen molar-refractivity contribution in [2.75, 3.05) is 30.8 Å². The molecule has 4 heterocycles. The van der Waals surface area contributed by atoms with Crippen LogP contribution in [-0.4, -0.2) is 50.3 Å². The lowest BCUT2D eigenvalue weighted by Crippen LogP contribution is -2.41. The fraction of sp³-hybridized carbons (Fsp3) is 0.379. The molecular weight excluding hydrogens is 498 g/mol. The van der Waals surface area contributed by atoms with Gasteiger partial charge in [0.2, 0.25) is 5.91 Å². The summed E-state index contributed by atoms with van der Waals surface area (Å²) in [7, 11) is 2.17. The van der Waals surface area contributed by atoms with Crippen LogP contribution in [0.4, 0.5) is 11.6 Å². The molecule has 2 atom stereocenters. The molecule has 1 saturated heterocycles. The maximum absolute atomic E-state index is 12.8. The van der Waals surface area contributed by atoms with Gasteiger partial charge in [0.1, 0.15) is 23.6 Å². The number of nitrogens with zero attached hydrogens (tertiary/aromatic N) is 5. The predicted molar refractivity (Wildman–Crippen MR) is 148 cm³/mol. The molecule has 9 heteroatoms. The van der Waals surface area contributed by atoms with E-state index in [1.54, 1.807) is 6.07 Å². The smallest absolute Gasteiger partial charge is 0.229 e. The van der Waals surface area contributed by atoms with Gasteiger partial charge in [0.15, 0.2) is 0 Å². The first-order chi connectivity index (χ1) is 18.5. The lowest BCUT2D eigenvalue weighted by atomic mass is 9.91. The lowest BCUT2D eigenvalue weighted by molar-refractivity contribution is -0.117. The van der Waals surface area contributed by atoms with Crippen LogP contribution in [0.3, 0.4) is 0 Å². The van der Waals surface area contributed by atoms with Gasteiger partial charge in [-0.3, -0.25) is 4.79 Å². The van der Waals surface area contributed by atoms with E-state index in [9.17, 15) is 4.79 Å². The number of nitrogens with one attached hydrogen (secondary N) is 2. The van der Waals surface area contributed by atoms with Crippen LogP contribution in [-0.2, 0) is 11.3 Å². The van der Waals surface area contributed by atoms with Gasteiger partial charge in [-0.1, -0.05) is 23.7 Å². The maximum Gasteiger partial charge on any atom is 0.229 e. The number of halogens is 1. The van der Waals surface area contributed by atoms with E-state index in [-0.39, 0.29) is 17.7 Å². The van der Waals surface area contributed by atoms with Crippen molar-refractivity contribution in [3.63, 3.8) is 0 Å². The number of imidazole rings is 1. The average molecular weight is 528 g/mol. The van der Waals surface area contributed by atoms with Gasteiger partial charge < -0.3 is 19.9 Å². The van der Waals surface area contributed by atoms with E-state index in [1.165, 1.54) is 30.3 Å². The molecule has 0 unspecified atom stereocenters. The molecule has 3 aliphatic rings. The standard InChI is InChI=1S/C29H30ClN7O/c1-36-12-20(13-36)24-8-19(17-5-6-17)14-37-15-22(34-28(24)37)11-31-26-10-27(33-16-32-26)35-29(38)25-9-23(25)18-3-2-4-21(30)7-18/h2-4,7-8,10,14-17,20,23,25H,5-6,9,11-13H2,1H3,(H2,31,32,33,35,38)/t23-,25+/m1/s1. The molecule has 7 rings (SSSR count). The normalized spacial score (nSPS) is 21.3. The minimum absolute atomic E-state index is 0.0272. The van der Waals surface area contributed by atoms with Crippen molar-refractivity contribution in [1.82, 2.24) is 24.3 Å². The summed E-state index contributed by atoms with van der Waals surface area (Å²) in [5.74, 6) is 2.49. The number of carbonyl (C=O) groups excluding carboxylic acids is 1. The Morgan fingerprint density at radius 1 is 1.05 bits per heavy atom. The summed E-state index contributed by atoms with van der Waals surface area (Å²) in [6.07, 6.45) is 9.23. The van der Waals surface area contributed by atoms with Crippen LogP contribution < -0.4 is 10.6 Å². The van der Waals surface area contributed by atoms with Gasteiger partial charge >= 0.3 is 0 Å². The maximum atomic E-state index is 12.8. The summed E-state index contributed by atoms with van der Waals surface area (Å²) in [6.45, 7) is 2.70. The summed E-state index contributed by atoms with van der Waals surface area (Å²) in [5.41, 5.74) is 5.91. The van der Waals surface area contributed by atoms with E-state index < -0.39 is 0 Å². The summed E-state index contributed by atoms with van der Waals surface area (Å²) >= 11 is 6.11. The van der Waals surface area contributed by atoms with Gasteiger partial charge in [0, 0.05) is 54.0 Å². The Morgan fingerprint density at radius 2 is 1.89 bits per heavy atom. The molecule has 2 saturated carbocycles. The molecule has 2 N–H and O–H groups in total. The Labute approximate surface area is 226 Å². The van der Waals surface area contributed by atoms with E-state index in [2.05, 4.69) is 55.4 Å². The fourth-order valence-electron chi connectivity index (χ4n) is 5.63. The number of fused-ring (bicyclic) bond motifs is 1. The van der Waals surface area contributed by atoms with Crippen molar-refractivity contribution in [3.05, 3.63) is 82.5 Å². The predicted octanol–water partition coefficient (Wildman–Crippen LogP) is 5.04. The minimum atomic E-state index is -0.0667. The van der Waals surface area contributed by atoms with Crippen molar-refractivity contribution in [3.8, 4) is 0 Å². The number of likely N-dealkylation sites (N-methyl/N-ethyl adjacent to an activating group) is 1. The van der Waals surface area contributed by atoms with E-state index in [1.807, 2.05) is 24.3 Å². The number of likely N-dealkylation sites (tertiary alicyclic amines) is 1. The summed E-state index contributed by atoms with van der Waals surface area (Å²) in [4.78, 5) is 28.7. The van der Waals surface area contributed by atoms with Crippen LogP contribution in [0, 0.1) is 5.92 Å². The molecule has 3 fully saturated rings. The summed E-state index contributed by atoms with van der Waals surface area (Å²) in [5, 5.41) is 7.00. The highest BCUT2D eigenvalue weighted by atomic mass is 35.5. The first-order valence-corrected chi connectivity index (χ1v) is 13.7. The van der Waals surface area contributed by atoms with Crippen molar-refractivity contribution in [2.45, 2.75) is 43.6 Å². The third-order valence-electron chi connectivity index (χ3n) is 7.98. The van der Waals surface area contributed by atoms with Gasteiger partial charge in [0.25, 0.3) is 0 Å². The fourth-order valence-corrected chi connectivity index (χ4v) is 5.83. The van der Waals surface area contributed by atoms with E-state index in [0.717, 1.165) is 36.4 Å². The zero-order valence-corrected chi connectivity index (χ0v) is 22.0. The molecule has 0 spiro atoms. The first-order valence-electron chi connectivity index (χ1n) is 13.3. The van der Waals surface area contributed by atoms with Crippen LogP contribution >= 0.6 is 11.6 Å². The van der Waals surface area contributed by atoms with E-state index in [4.69, 9.17) is 16.6 Å². The number of hydrogen-bond donors (Lipinski definition) is 2. The average Bonchev–Trinajstić information content (AvgIpc) is 3.81. The molecule has 0 radical (unpaired) electrons. The molecule has 1 aromatic carbocycles. The zero-order valence-electron chi connectivity index (χ0n) is 21.3. The van der Waals surface area contributed by atoms with Crippen molar-refractivity contribution in [2.24, 2.45) is 5.92 Å². The third kappa shape index (κ3) is 4.74. The second kappa shape index (κ2) is 9.36. The Hall–Kier alpha value is -3.49. The van der Waals surface area contributed by atoms with Crippen molar-refractivity contribution in [1.29, 1.82) is 0 Å². The summed E-state index contributed by atoms with van der Waals surface area (Å²) < 4.78 is 2.20. The Kier molecular flexibility index (Phi) is 5.82. The lowest BCUT2D eigenvalue weighted by Gasteiger charge is -2.36. The van der Waals surface area contributed by atoms with Gasteiger partial charge in [-0.15, -0.1) is 0 Å². The Morgan fingerprint density at radius 3 is 2.68 bits per heavy atom. The highest BCUT2D eigenvalue weighted by molar-refractivity contribution is 6.30. The van der Waals surface area contributed by atoms with Gasteiger partial charge in [-0.2, -0.15) is 0 Å². The molecule has 3 aromatic heterocycles. The summed E-state index contributed by atoms with van der Waals surface area (Å²) in [6, 6.07) is 11.9. The zero-order chi connectivity index (χ0) is 25.8. The third-order valence-corrected chi connectivity index (χ3v) is 8.21. The second-order valence-electron chi connectivity index (χ2n) is 11.0. The van der Waals surface area contributed by atoms with Crippen molar-refractivity contribution >= 4 is 34.8 Å². The number of pyridine rings is 1. The highest BCUT2D eigenvalue weighted by Crippen LogP contribution is 2.48. The van der Waals surface area contributed by atoms with Crippen LogP contribution in [0.25, 0.3) is 5.65 Å². The van der Waals surface area contributed by atoms with Crippen LogP contribution in [0.1, 0.15) is 59.4 Å². The van der Waals surface area contributed by atoms with Gasteiger partial charge in [-0.05, 0) is 67.5 Å². The number of anilines is 2. The van der Waals surface area contributed by atoms with Crippen LogP contribution in [0.5, 0.6) is 0 Å². The van der Waals surface area contributed by atoms with Crippen LogP contribution in [0.15, 0.2) is 55.1 Å². The number of amides is 1.